The maximum absolute atomic E-state index is 14.8. The van der Waals surface area contributed by atoms with Gasteiger partial charge in [0.15, 0.2) is 11.5 Å². The number of benzene rings is 1. The minimum Gasteiger partial charge on any atom is -0.504 e. The van der Waals surface area contributed by atoms with Crippen LogP contribution in [0.4, 0.5) is 4.39 Å². The van der Waals surface area contributed by atoms with Gasteiger partial charge in [-0.15, -0.1) is 6.58 Å². The topological polar surface area (TPSA) is 32.7 Å². The third kappa shape index (κ3) is 1.53. The van der Waals surface area contributed by atoms with Crippen LogP contribution >= 0.6 is 0 Å². The van der Waals surface area contributed by atoms with E-state index >= 15 is 0 Å². The van der Waals surface area contributed by atoms with E-state index in [4.69, 9.17) is 4.74 Å². The number of ether oxygens (including phenoxy) is 1. The van der Waals surface area contributed by atoms with Gasteiger partial charge in [-0.05, 0) is 49.8 Å². The summed E-state index contributed by atoms with van der Waals surface area (Å²) >= 11 is 0. The number of phenolic OH excluding ortho intramolecular Hbond substituents is 1. The van der Waals surface area contributed by atoms with Gasteiger partial charge in [-0.2, -0.15) is 0 Å². The third-order valence-corrected chi connectivity index (χ3v) is 6.72. The highest BCUT2D eigenvalue weighted by Crippen LogP contribution is 2.64. The second kappa shape index (κ2) is 4.50. The molecule has 1 aromatic carbocycles. The van der Waals surface area contributed by atoms with E-state index in [-0.39, 0.29) is 11.2 Å². The molecule has 122 valence electrons. The standard InChI is InChI=1S/C19H22FNO2/c1-2-8-21-9-7-19-12-4-5-13(20)18(19)23-17-15(22)6-3-11(16(17)19)10-14(12)21/h2-3,6,12-14,18,22H,1,4-5,7-10H2/t12?,13?,14-,18+,19+/m0/s1. The number of halogens is 1. The number of alkyl halides is 1. The average Bonchev–Trinajstić information content (AvgIpc) is 2.89. The normalized spacial score (nSPS) is 40.4. The lowest BCUT2D eigenvalue weighted by atomic mass is 9.51. The van der Waals surface area contributed by atoms with Gasteiger partial charge in [0.05, 0.1) is 0 Å². The predicted octanol–water partition coefficient (Wildman–Crippen LogP) is 2.96. The van der Waals surface area contributed by atoms with Gasteiger partial charge < -0.3 is 9.84 Å². The van der Waals surface area contributed by atoms with Crippen LogP contribution in [-0.4, -0.2) is 41.4 Å². The van der Waals surface area contributed by atoms with Gasteiger partial charge in [0, 0.05) is 23.6 Å². The van der Waals surface area contributed by atoms with Crippen LogP contribution in [-0.2, 0) is 11.8 Å². The Kier molecular flexibility index (Phi) is 2.71. The van der Waals surface area contributed by atoms with E-state index in [1.165, 1.54) is 5.56 Å². The Labute approximate surface area is 135 Å². The van der Waals surface area contributed by atoms with Crippen molar-refractivity contribution in [3.8, 4) is 11.5 Å². The molecule has 2 aliphatic carbocycles. The van der Waals surface area contributed by atoms with E-state index in [9.17, 15) is 9.50 Å². The lowest BCUT2D eigenvalue weighted by Gasteiger charge is -2.58. The van der Waals surface area contributed by atoms with E-state index < -0.39 is 12.3 Å². The Morgan fingerprint density at radius 3 is 3.13 bits per heavy atom. The van der Waals surface area contributed by atoms with Crippen LogP contribution in [0.1, 0.15) is 30.4 Å². The minimum absolute atomic E-state index is 0.172. The Morgan fingerprint density at radius 2 is 2.30 bits per heavy atom. The van der Waals surface area contributed by atoms with Gasteiger partial charge in [-0.1, -0.05) is 12.1 Å². The summed E-state index contributed by atoms with van der Waals surface area (Å²) in [5, 5.41) is 10.3. The zero-order chi connectivity index (χ0) is 15.8. The molecule has 2 aliphatic heterocycles. The maximum Gasteiger partial charge on any atom is 0.165 e. The highest BCUT2D eigenvalue weighted by molar-refractivity contribution is 5.60. The maximum atomic E-state index is 14.8. The zero-order valence-electron chi connectivity index (χ0n) is 13.2. The number of likely N-dealkylation sites (tertiary alicyclic amines) is 1. The van der Waals surface area contributed by atoms with Crippen molar-refractivity contribution < 1.29 is 14.2 Å². The Bertz CT molecular complexity index is 690. The SMILES string of the molecule is C=CCN1CC[C@@]23c4c5ccc(O)c4O[C@@H]2C(F)CCC3[C@@H]1C5. The number of rotatable bonds is 2. The molecule has 3 nitrogen and oxygen atoms in total. The summed E-state index contributed by atoms with van der Waals surface area (Å²) in [6.45, 7) is 5.74. The van der Waals surface area contributed by atoms with Crippen molar-refractivity contribution in [2.45, 2.75) is 49.4 Å². The molecule has 2 heterocycles. The van der Waals surface area contributed by atoms with Crippen LogP contribution in [0.2, 0.25) is 0 Å². The van der Waals surface area contributed by atoms with Crippen LogP contribution in [0.15, 0.2) is 24.8 Å². The zero-order valence-corrected chi connectivity index (χ0v) is 13.2. The summed E-state index contributed by atoms with van der Waals surface area (Å²) in [6.07, 6.45) is 3.98. The number of hydrogen-bond donors (Lipinski definition) is 1. The van der Waals surface area contributed by atoms with Crippen molar-refractivity contribution in [1.29, 1.82) is 0 Å². The summed E-state index contributed by atoms with van der Waals surface area (Å²) in [7, 11) is 0. The highest BCUT2D eigenvalue weighted by atomic mass is 19.1. The summed E-state index contributed by atoms with van der Waals surface area (Å²) < 4.78 is 20.8. The van der Waals surface area contributed by atoms with Crippen LogP contribution in [0.25, 0.3) is 0 Å². The molecule has 1 saturated heterocycles. The van der Waals surface area contributed by atoms with Crippen LogP contribution in [0.3, 0.4) is 0 Å². The van der Waals surface area contributed by atoms with Crippen molar-refractivity contribution in [2.24, 2.45) is 5.92 Å². The number of nitrogens with zero attached hydrogens (tertiary/aromatic N) is 1. The Morgan fingerprint density at radius 1 is 1.43 bits per heavy atom. The number of piperidine rings is 1. The number of aromatic hydroxyl groups is 1. The van der Waals surface area contributed by atoms with Crippen LogP contribution in [0, 0.1) is 5.92 Å². The Balaban J connectivity index is 1.73. The van der Waals surface area contributed by atoms with Crippen LogP contribution < -0.4 is 4.74 Å². The van der Waals surface area contributed by atoms with E-state index in [0.29, 0.717) is 24.1 Å². The molecule has 5 atom stereocenters. The third-order valence-electron chi connectivity index (χ3n) is 6.72. The molecule has 23 heavy (non-hydrogen) atoms. The molecule has 0 aromatic heterocycles. The van der Waals surface area contributed by atoms with Gasteiger partial charge in [0.1, 0.15) is 12.3 Å². The number of hydrogen-bond acceptors (Lipinski definition) is 3. The number of phenols is 1. The first-order chi connectivity index (χ1) is 11.2. The molecule has 4 aliphatic rings. The van der Waals surface area contributed by atoms with Gasteiger partial charge in [-0.25, -0.2) is 4.39 Å². The molecule has 2 unspecified atom stereocenters. The van der Waals surface area contributed by atoms with E-state index in [1.807, 2.05) is 12.1 Å². The first-order valence-corrected chi connectivity index (χ1v) is 8.68. The summed E-state index contributed by atoms with van der Waals surface area (Å²) in [4.78, 5) is 2.51. The quantitative estimate of drug-likeness (QED) is 0.852. The average molecular weight is 315 g/mol. The molecule has 1 aromatic rings. The fourth-order valence-corrected chi connectivity index (χ4v) is 5.95. The molecule has 5 rings (SSSR count). The molecular formula is C19H22FNO2. The van der Waals surface area contributed by atoms with Gasteiger partial charge in [0.2, 0.25) is 0 Å². The summed E-state index contributed by atoms with van der Waals surface area (Å²) in [6, 6.07) is 4.16. The van der Waals surface area contributed by atoms with Gasteiger partial charge in [0.25, 0.3) is 0 Å². The molecule has 0 radical (unpaired) electrons. The lowest BCUT2D eigenvalue weighted by molar-refractivity contribution is -0.0798. The van der Waals surface area contributed by atoms with Crippen LogP contribution in [0.5, 0.6) is 11.5 Å². The van der Waals surface area contributed by atoms with Crippen molar-refractivity contribution in [3.63, 3.8) is 0 Å². The predicted molar refractivity (Wildman–Crippen MR) is 85.7 cm³/mol. The Hall–Kier alpha value is -1.55. The molecule has 4 heteroatoms. The molecule has 0 amide bonds. The summed E-state index contributed by atoms with van der Waals surface area (Å²) in [5.74, 6) is 1.16. The molecule has 2 bridgehead atoms. The minimum atomic E-state index is -0.935. The second-order valence-electron chi connectivity index (χ2n) is 7.53. The molecule has 1 spiro atoms. The van der Waals surface area contributed by atoms with Crippen molar-refractivity contribution in [2.75, 3.05) is 13.1 Å². The smallest absolute Gasteiger partial charge is 0.165 e. The molecule has 1 N–H and O–H groups in total. The summed E-state index contributed by atoms with van der Waals surface area (Å²) in [5.41, 5.74) is 2.13. The van der Waals surface area contributed by atoms with E-state index in [0.717, 1.165) is 37.9 Å². The molecule has 2 fully saturated rings. The molecular weight excluding hydrogens is 293 g/mol. The van der Waals surface area contributed by atoms with Crippen molar-refractivity contribution in [3.05, 3.63) is 35.9 Å². The van der Waals surface area contributed by atoms with Gasteiger partial charge >= 0.3 is 0 Å². The van der Waals surface area contributed by atoms with E-state index in [2.05, 4.69) is 11.5 Å². The van der Waals surface area contributed by atoms with Gasteiger partial charge in [-0.3, -0.25) is 4.90 Å². The highest BCUT2D eigenvalue weighted by Gasteiger charge is 2.65. The van der Waals surface area contributed by atoms with Crippen molar-refractivity contribution >= 4 is 0 Å². The first-order valence-electron chi connectivity index (χ1n) is 8.68. The molecule has 1 saturated carbocycles. The lowest BCUT2D eigenvalue weighted by Crippen LogP contribution is -2.66. The fourth-order valence-electron chi connectivity index (χ4n) is 5.95. The first kappa shape index (κ1) is 13.8. The van der Waals surface area contributed by atoms with Crippen molar-refractivity contribution in [1.82, 2.24) is 4.90 Å². The largest absolute Gasteiger partial charge is 0.504 e. The fraction of sp³-hybridized carbons (Fsp3) is 0.579. The second-order valence-corrected chi connectivity index (χ2v) is 7.53. The van der Waals surface area contributed by atoms with E-state index in [1.54, 1.807) is 6.07 Å². The monoisotopic (exact) mass is 315 g/mol.